The zero-order valence-electron chi connectivity index (χ0n) is 13.0. The summed E-state index contributed by atoms with van der Waals surface area (Å²) in [4.78, 5) is 2.52. The predicted molar refractivity (Wildman–Crippen MR) is 81.2 cm³/mol. The molecule has 0 aromatic carbocycles. The molecular formula is C17H31NO. The van der Waals surface area contributed by atoms with Crippen LogP contribution in [0.5, 0.6) is 0 Å². The molecule has 1 fully saturated rings. The highest BCUT2D eigenvalue weighted by Crippen LogP contribution is 2.41. The number of piperidine rings is 1. The average molecular weight is 265 g/mol. The molecule has 1 aliphatic carbocycles. The van der Waals surface area contributed by atoms with Gasteiger partial charge in [0.1, 0.15) is 0 Å². The van der Waals surface area contributed by atoms with Gasteiger partial charge in [-0.3, -0.25) is 4.90 Å². The maximum absolute atomic E-state index is 9.50. The van der Waals surface area contributed by atoms with Gasteiger partial charge in [0.25, 0.3) is 0 Å². The van der Waals surface area contributed by atoms with Crippen LogP contribution in [0.15, 0.2) is 11.1 Å². The van der Waals surface area contributed by atoms with Gasteiger partial charge in [-0.05, 0) is 57.4 Å². The Labute approximate surface area is 118 Å². The number of hydrogen-bond donors (Lipinski definition) is 1. The largest absolute Gasteiger partial charge is 0.395 e. The third-order valence-corrected chi connectivity index (χ3v) is 5.29. The first-order valence-corrected chi connectivity index (χ1v) is 8.08. The zero-order valence-corrected chi connectivity index (χ0v) is 13.0. The van der Waals surface area contributed by atoms with E-state index in [2.05, 4.69) is 25.7 Å². The van der Waals surface area contributed by atoms with E-state index in [9.17, 15) is 5.11 Å². The molecule has 0 spiro atoms. The first-order chi connectivity index (χ1) is 9.04. The maximum atomic E-state index is 9.50. The van der Waals surface area contributed by atoms with E-state index in [1.54, 1.807) is 11.1 Å². The summed E-state index contributed by atoms with van der Waals surface area (Å²) < 4.78 is 0. The van der Waals surface area contributed by atoms with Crippen LogP contribution in [0.1, 0.15) is 65.7 Å². The van der Waals surface area contributed by atoms with E-state index in [1.807, 2.05) is 0 Å². The fraction of sp³-hybridized carbons (Fsp3) is 0.882. The number of hydrogen-bond acceptors (Lipinski definition) is 2. The van der Waals surface area contributed by atoms with Gasteiger partial charge in [0.05, 0.1) is 6.61 Å². The van der Waals surface area contributed by atoms with Gasteiger partial charge >= 0.3 is 0 Å². The molecule has 0 amide bonds. The van der Waals surface area contributed by atoms with Crippen LogP contribution < -0.4 is 0 Å². The lowest BCUT2D eigenvalue weighted by atomic mass is 9.71. The number of rotatable bonds is 4. The van der Waals surface area contributed by atoms with E-state index in [4.69, 9.17) is 0 Å². The van der Waals surface area contributed by atoms with Crippen LogP contribution in [0.4, 0.5) is 0 Å². The van der Waals surface area contributed by atoms with Crippen molar-refractivity contribution in [1.82, 2.24) is 4.90 Å². The Kier molecular flexibility index (Phi) is 5.08. The minimum Gasteiger partial charge on any atom is -0.395 e. The number of nitrogens with zero attached hydrogens (tertiary/aromatic N) is 1. The van der Waals surface area contributed by atoms with Crippen LogP contribution in [-0.4, -0.2) is 35.7 Å². The molecular weight excluding hydrogens is 234 g/mol. The molecule has 0 aromatic rings. The lowest BCUT2D eigenvalue weighted by molar-refractivity contribution is 0.0897. The average Bonchev–Trinajstić information content (AvgIpc) is 2.38. The minimum absolute atomic E-state index is 0.335. The summed E-state index contributed by atoms with van der Waals surface area (Å²) in [6, 6.07) is 0.418. The highest BCUT2D eigenvalue weighted by atomic mass is 16.3. The van der Waals surface area contributed by atoms with E-state index in [0.29, 0.717) is 18.1 Å². The van der Waals surface area contributed by atoms with Crippen LogP contribution in [0.25, 0.3) is 0 Å². The third-order valence-electron chi connectivity index (χ3n) is 5.29. The molecule has 19 heavy (non-hydrogen) atoms. The van der Waals surface area contributed by atoms with Crippen molar-refractivity contribution in [1.29, 1.82) is 0 Å². The Balaban J connectivity index is 1.97. The number of aliphatic hydroxyl groups excluding tert-OH is 1. The van der Waals surface area contributed by atoms with Crippen LogP contribution in [0, 0.1) is 5.41 Å². The van der Waals surface area contributed by atoms with Crippen LogP contribution >= 0.6 is 0 Å². The molecule has 0 radical (unpaired) electrons. The van der Waals surface area contributed by atoms with Crippen molar-refractivity contribution in [2.45, 2.75) is 71.8 Å². The minimum atomic E-state index is 0.335. The lowest BCUT2D eigenvalue weighted by Crippen LogP contribution is -2.42. The van der Waals surface area contributed by atoms with Gasteiger partial charge in [-0.25, -0.2) is 0 Å². The molecule has 1 saturated heterocycles. The number of allylic oxidation sites excluding steroid dienone is 1. The third kappa shape index (κ3) is 3.61. The second-order valence-electron chi connectivity index (χ2n) is 7.11. The second-order valence-corrected chi connectivity index (χ2v) is 7.11. The highest BCUT2D eigenvalue weighted by Gasteiger charge is 2.29. The quantitative estimate of drug-likeness (QED) is 0.783. The molecule has 2 heteroatoms. The molecule has 2 rings (SSSR count). The fourth-order valence-electron chi connectivity index (χ4n) is 4.04. The fourth-order valence-corrected chi connectivity index (χ4v) is 4.04. The molecule has 1 aliphatic heterocycles. The summed E-state index contributed by atoms with van der Waals surface area (Å²) in [5, 5.41) is 9.50. The summed E-state index contributed by atoms with van der Waals surface area (Å²) in [5.74, 6) is 0. The molecule has 1 unspecified atom stereocenters. The van der Waals surface area contributed by atoms with Crippen molar-refractivity contribution in [2.24, 2.45) is 5.41 Å². The zero-order chi connectivity index (χ0) is 13.9. The van der Waals surface area contributed by atoms with Crippen molar-refractivity contribution < 1.29 is 5.11 Å². The van der Waals surface area contributed by atoms with E-state index in [0.717, 1.165) is 6.54 Å². The van der Waals surface area contributed by atoms with Gasteiger partial charge < -0.3 is 5.11 Å². The van der Waals surface area contributed by atoms with Crippen molar-refractivity contribution in [2.75, 3.05) is 19.7 Å². The Morgan fingerprint density at radius 3 is 2.74 bits per heavy atom. The normalized spacial score (nSPS) is 28.7. The lowest BCUT2D eigenvalue weighted by Gasteiger charge is -2.38. The van der Waals surface area contributed by atoms with Crippen LogP contribution in [-0.2, 0) is 0 Å². The Bertz CT molecular complexity index is 332. The summed E-state index contributed by atoms with van der Waals surface area (Å²) >= 11 is 0. The molecule has 0 aromatic heterocycles. The summed E-state index contributed by atoms with van der Waals surface area (Å²) in [6.45, 7) is 9.80. The monoisotopic (exact) mass is 265 g/mol. The first-order valence-electron chi connectivity index (χ1n) is 8.08. The highest BCUT2D eigenvalue weighted by molar-refractivity contribution is 5.22. The van der Waals surface area contributed by atoms with Gasteiger partial charge in [0.15, 0.2) is 0 Å². The van der Waals surface area contributed by atoms with E-state index < -0.39 is 0 Å². The van der Waals surface area contributed by atoms with Gasteiger partial charge in [-0.2, -0.15) is 0 Å². The molecule has 110 valence electrons. The standard InChI is InChI=1S/C17H31NO/c1-14-7-6-10-17(2,3)16(14)9-12-18-11-5-4-8-15(18)13-19/h15,19H,4-13H2,1-3H3. The number of likely N-dealkylation sites (tertiary alicyclic amines) is 1. The van der Waals surface area contributed by atoms with Gasteiger partial charge in [0.2, 0.25) is 0 Å². The Morgan fingerprint density at radius 1 is 1.26 bits per heavy atom. The first kappa shape index (κ1) is 15.1. The summed E-state index contributed by atoms with van der Waals surface area (Å²) in [6.07, 6.45) is 8.96. The molecule has 0 saturated carbocycles. The molecule has 1 heterocycles. The number of aliphatic hydroxyl groups is 1. The molecule has 2 nitrogen and oxygen atoms in total. The van der Waals surface area contributed by atoms with Crippen molar-refractivity contribution in [3.8, 4) is 0 Å². The predicted octanol–water partition coefficient (Wildman–Crippen LogP) is 3.75. The van der Waals surface area contributed by atoms with Crippen molar-refractivity contribution in [3.63, 3.8) is 0 Å². The van der Waals surface area contributed by atoms with Gasteiger partial charge in [-0.15, -0.1) is 0 Å². The van der Waals surface area contributed by atoms with Gasteiger partial charge in [0, 0.05) is 12.6 Å². The van der Waals surface area contributed by atoms with Crippen LogP contribution in [0.2, 0.25) is 0 Å². The topological polar surface area (TPSA) is 23.5 Å². The van der Waals surface area contributed by atoms with E-state index in [-0.39, 0.29) is 0 Å². The van der Waals surface area contributed by atoms with E-state index >= 15 is 0 Å². The van der Waals surface area contributed by atoms with Crippen LogP contribution in [0.3, 0.4) is 0 Å². The molecule has 2 aliphatic rings. The summed E-state index contributed by atoms with van der Waals surface area (Å²) in [7, 11) is 0. The van der Waals surface area contributed by atoms with Gasteiger partial charge in [-0.1, -0.05) is 31.4 Å². The smallest absolute Gasteiger partial charge is 0.0586 e. The maximum Gasteiger partial charge on any atom is 0.0586 e. The second kappa shape index (κ2) is 6.41. The van der Waals surface area contributed by atoms with Crippen molar-refractivity contribution >= 4 is 0 Å². The Hall–Kier alpha value is -0.340. The molecule has 0 bridgehead atoms. The molecule has 1 atom stereocenters. The van der Waals surface area contributed by atoms with Crippen molar-refractivity contribution in [3.05, 3.63) is 11.1 Å². The van der Waals surface area contributed by atoms with E-state index in [1.165, 1.54) is 51.5 Å². The SMILES string of the molecule is CC1=C(CCN2CCCCC2CO)C(C)(C)CCC1. The summed E-state index contributed by atoms with van der Waals surface area (Å²) in [5.41, 5.74) is 3.72. The Morgan fingerprint density at radius 2 is 2.05 bits per heavy atom. The molecule has 1 N–H and O–H groups in total.